The van der Waals surface area contributed by atoms with Crippen LogP contribution in [0.2, 0.25) is 0 Å². The van der Waals surface area contributed by atoms with Crippen molar-refractivity contribution in [1.29, 1.82) is 0 Å². The van der Waals surface area contributed by atoms with Crippen LogP contribution in [-0.4, -0.2) is 42.0 Å². The summed E-state index contributed by atoms with van der Waals surface area (Å²) in [6.07, 6.45) is 1.45. The number of carbonyl (C=O) groups excluding carboxylic acids is 1. The second-order valence-electron chi connectivity index (χ2n) is 7.01. The number of allylic oxidation sites excluding steroid dienone is 1. The number of amides is 1. The second kappa shape index (κ2) is 8.91. The van der Waals surface area contributed by atoms with E-state index >= 15 is 0 Å². The maximum absolute atomic E-state index is 13.6. The normalized spacial score (nSPS) is 15.0. The van der Waals surface area contributed by atoms with Gasteiger partial charge in [0.1, 0.15) is 29.6 Å². The van der Waals surface area contributed by atoms with Gasteiger partial charge in [0, 0.05) is 11.8 Å². The fraction of sp³-hybridized carbons (Fsp3) is 0.227. The number of benzene rings is 2. The molecule has 2 aromatic carbocycles. The van der Waals surface area contributed by atoms with Crippen molar-refractivity contribution in [1.82, 2.24) is 14.8 Å². The zero-order valence-corrected chi connectivity index (χ0v) is 19.6. The average Bonchev–Trinajstić information content (AvgIpc) is 3.25. The largest absolute Gasteiger partial charge is 0.497 e. The van der Waals surface area contributed by atoms with Crippen LogP contribution in [0.4, 0.5) is 11.6 Å². The van der Waals surface area contributed by atoms with Gasteiger partial charge in [-0.2, -0.15) is 10.1 Å². The highest BCUT2D eigenvalue weighted by Gasteiger charge is 2.34. The number of carbonyl (C=O) groups is 1. The van der Waals surface area contributed by atoms with Gasteiger partial charge in [0.05, 0.1) is 37.1 Å². The number of hydrogen-bond donors (Lipinski definition) is 2. The van der Waals surface area contributed by atoms with Gasteiger partial charge in [0.25, 0.3) is 5.91 Å². The zero-order valence-electron chi connectivity index (χ0n) is 18.0. The van der Waals surface area contributed by atoms with Gasteiger partial charge in [0.2, 0.25) is 5.95 Å². The van der Waals surface area contributed by atoms with Gasteiger partial charge in [-0.1, -0.05) is 6.07 Å². The van der Waals surface area contributed by atoms with Crippen LogP contribution in [0.25, 0.3) is 0 Å². The lowest BCUT2D eigenvalue weighted by molar-refractivity contribution is -0.113. The van der Waals surface area contributed by atoms with E-state index in [0.717, 1.165) is 10.0 Å². The Morgan fingerprint density at radius 2 is 1.84 bits per heavy atom. The van der Waals surface area contributed by atoms with Gasteiger partial charge in [-0.3, -0.25) is 4.79 Å². The molecule has 32 heavy (non-hydrogen) atoms. The van der Waals surface area contributed by atoms with E-state index in [0.29, 0.717) is 40.2 Å². The number of aromatic nitrogens is 3. The summed E-state index contributed by atoms with van der Waals surface area (Å²) in [7, 11) is 4.71. The molecule has 166 valence electrons. The molecule has 1 aliphatic rings. The Morgan fingerprint density at radius 3 is 2.53 bits per heavy atom. The first-order valence-electron chi connectivity index (χ1n) is 9.71. The van der Waals surface area contributed by atoms with E-state index in [1.165, 1.54) is 6.33 Å². The predicted octanol–water partition coefficient (Wildman–Crippen LogP) is 3.99. The predicted molar refractivity (Wildman–Crippen MR) is 123 cm³/mol. The number of rotatable bonds is 6. The average molecular weight is 500 g/mol. The smallest absolute Gasteiger partial charge is 0.255 e. The first-order valence-corrected chi connectivity index (χ1v) is 10.5. The van der Waals surface area contributed by atoms with Gasteiger partial charge >= 0.3 is 0 Å². The Hall–Kier alpha value is -3.53. The minimum absolute atomic E-state index is 0.306. The van der Waals surface area contributed by atoms with E-state index in [1.807, 2.05) is 25.1 Å². The van der Waals surface area contributed by atoms with E-state index in [2.05, 4.69) is 36.6 Å². The Labute approximate surface area is 193 Å². The van der Waals surface area contributed by atoms with Gasteiger partial charge < -0.3 is 24.8 Å². The molecule has 0 fully saturated rings. The number of nitrogens with one attached hydrogen (secondary N) is 2. The highest BCUT2D eigenvalue weighted by molar-refractivity contribution is 9.10. The third kappa shape index (κ3) is 3.89. The lowest BCUT2D eigenvalue weighted by Crippen LogP contribution is -2.31. The minimum atomic E-state index is -0.507. The lowest BCUT2D eigenvalue weighted by atomic mass is 9.95. The molecule has 0 spiro atoms. The van der Waals surface area contributed by atoms with Gasteiger partial charge in [-0.05, 0) is 52.7 Å². The zero-order chi connectivity index (χ0) is 22.8. The Morgan fingerprint density at radius 1 is 1.09 bits per heavy atom. The van der Waals surface area contributed by atoms with E-state index in [1.54, 1.807) is 44.2 Å². The van der Waals surface area contributed by atoms with Crippen molar-refractivity contribution >= 4 is 33.5 Å². The molecule has 1 aliphatic heterocycles. The number of ether oxygens (including phenoxy) is 3. The van der Waals surface area contributed by atoms with E-state index in [-0.39, 0.29) is 5.91 Å². The molecule has 0 saturated carbocycles. The molecule has 0 bridgehead atoms. The molecule has 1 amide bonds. The monoisotopic (exact) mass is 499 g/mol. The van der Waals surface area contributed by atoms with E-state index < -0.39 is 6.04 Å². The third-order valence-corrected chi connectivity index (χ3v) is 5.81. The molecule has 0 aliphatic carbocycles. The van der Waals surface area contributed by atoms with Gasteiger partial charge in [-0.15, -0.1) is 0 Å². The number of hydrogen-bond acceptors (Lipinski definition) is 7. The van der Waals surface area contributed by atoms with Crippen LogP contribution >= 0.6 is 15.9 Å². The number of methoxy groups -OCH3 is 3. The Balaban J connectivity index is 1.77. The molecule has 2 N–H and O–H groups in total. The molecule has 0 radical (unpaired) electrons. The first kappa shape index (κ1) is 21.7. The molecule has 9 nitrogen and oxygen atoms in total. The maximum atomic E-state index is 13.6. The van der Waals surface area contributed by atoms with Crippen molar-refractivity contribution in [3.8, 4) is 17.2 Å². The molecular weight excluding hydrogens is 478 g/mol. The number of anilines is 2. The van der Waals surface area contributed by atoms with Crippen molar-refractivity contribution in [2.75, 3.05) is 32.0 Å². The topological polar surface area (TPSA) is 99.5 Å². The standard InChI is InChI=1S/C22H22BrN5O4/c1-12-19(21(29)27-16-10-14(30-2)6-8-18(16)32-4)20(28-22(26-12)24-11-25-28)13-5-7-17(31-3)15(23)9-13/h5-11,20H,1-4H3,(H,27,29)(H,24,25,26)/t20-/m1/s1. The Bertz CT molecular complexity index is 1210. The summed E-state index contributed by atoms with van der Waals surface area (Å²) in [6.45, 7) is 1.83. The summed E-state index contributed by atoms with van der Waals surface area (Å²) in [5.74, 6) is 2.05. The van der Waals surface area contributed by atoms with Crippen molar-refractivity contribution in [2.24, 2.45) is 0 Å². The third-order valence-electron chi connectivity index (χ3n) is 5.19. The number of nitrogens with zero attached hydrogens (tertiary/aromatic N) is 3. The van der Waals surface area contributed by atoms with Crippen LogP contribution in [0.15, 0.2) is 58.5 Å². The fourth-order valence-corrected chi connectivity index (χ4v) is 4.21. The second-order valence-corrected chi connectivity index (χ2v) is 7.86. The molecule has 4 rings (SSSR count). The first-order chi connectivity index (χ1) is 15.5. The quantitative estimate of drug-likeness (QED) is 0.528. The van der Waals surface area contributed by atoms with Crippen LogP contribution in [0, 0.1) is 0 Å². The fourth-order valence-electron chi connectivity index (χ4n) is 3.65. The number of halogens is 1. The molecule has 10 heteroatoms. The molecular formula is C22H22BrN5O4. The summed E-state index contributed by atoms with van der Waals surface area (Å²) in [5, 5.41) is 10.5. The molecule has 3 aromatic rings. The highest BCUT2D eigenvalue weighted by atomic mass is 79.9. The van der Waals surface area contributed by atoms with Gasteiger partial charge in [0.15, 0.2) is 0 Å². The molecule has 0 unspecified atom stereocenters. The van der Waals surface area contributed by atoms with Crippen LogP contribution in [0.3, 0.4) is 0 Å². The van der Waals surface area contributed by atoms with Crippen molar-refractivity contribution in [2.45, 2.75) is 13.0 Å². The van der Waals surface area contributed by atoms with Crippen LogP contribution in [-0.2, 0) is 4.79 Å². The van der Waals surface area contributed by atoms with Crippen molar-refractivity contribution < 1.29 is 19.0 Å². The SMILES string of the molecule is COc1ccc(OC)c(NC(=O)C2=C(C)Nc3ncnn3[C@@H]2c2ccc(OC)c(Br)c2)c1. The Kier molecular flexibility index (Phi) is 6.04. The summed E-state index contributed by atoms with van der Waals surface area (Å²) in [4.78, 5) is 17.8. The minimum Gasteiger partial charge on any atom is -0.497 e. The van der Waals surface area contributed by atoms with E-state index in [9.17, 15) is 4.79 Å². The summed E-state index contributed by atoms with van der Waals surface area (Å²) < 4.78 is 18.5. The van der Waals surface area contributed by atoms with E-state index in [4.69, 9.17) is 14.2 Å². The van der Waals surface area contributed by atoms with Crippen molar-refractivity contribution in [3.05, 3.63) is 64.0 Å². The molecule has 2 heterocycles. The van der Waals surface area contributed by atoms with Crippen molar-refractivity contribution in [3.63, 3.8) is 0 Å². The maximum Gasteiger partial charge on any atom is 0.255 e. The summed E-state index contributed by atoms with van der Waals surface area (Å²) in [5.41, 5.74) is 2.50. The molecule has 1 atom stereocenters. The summed E-state index contributed by atoms with van der Waals surface area (Å²) in [6, 6.07) is 10.4. The van der Waals surface area contributed by atoms with Crippen LogP contribution in [0.1, 0.15) is 18.5 Å². The van der Waals surface area contributed by atoms with Crippen LogP contribution in [0.5, 0.6) is 17.2 Å². The molecule has 0 saturated heterocycles. The molecule has 1 aromatic heterocycles. The van der Waals surface area contributed by atoms with Gasteiger partial charge in [-0.25, -0.2) is 4.68 Å². The highest BCUT2D eigenvalue weighted by Crippen LogP contribution is 2.38. The lowest BCUT2D eigenvalue weighted by Gasteiger charge is -2.29. The van der Waals surface area contributed by atoms with Crippen LogP contribution < -0.4 is 24.8 Å². The number of fused-ring (bicyclic) bond motifs is 1. The summed E-state index contributed by atoms with van der Waals surface area (Å²) >= 11 is 3.53.